The summed E-state index contributed by atoms with van der Waals surface area (Å²) in [6, 6.07) is 7.77. The van der Waals surface area contributed by atoms with Gasteiger partial charge in [-0.3, -0.25) is 10.1 Å². The van der Waals surface area contributed by atoms with Gasteiger partial charge in [-0.15, -0.1) is 0 Å². The van der Waals surface area contributed by atoms with Gasteiger partial charge in [-0.1, -0.05) is 12.1 Å². The molecule has 2 rings (SSSR count). The third-order valence-electron chi connectivity index (χ3n) is 2.76. The first-order valence-corrected chi connectivity index (χ1v) is 6.11. The van der Waals surface area contributed by atoms with Crippen LogP contribution in [0, 0.1) is 21.7 Å². The second-order valence-corrected chi connectivity index (χ2v) is 4.28. The van der Waals surface area contributed by atoms with E-state index in [4.69, 9.17) is 10.5 Å². The molecule has 5 nitrogen and oxygen atoms in total. The molecular weight excluding hydrogens is 282 g/mol. The molecule has 2 aromatic carbocycles. The standard InChI is InChI=1S/C14H12F2N2O3/c15-10-7-12(16)14(18(19)20)13(8-10)21-11-3-1-9(2-4-11)5-6-17/h1-4,7-8H,5-6,17H2. The summed E-state index contributed by atoms with van der Waals surface area (Å²) < 4.78 is 31.8. The maximum Gasteiger partial charge on any atom is 0.347 e. The van der Waals surface area contributed by atoms with Crippen LogP contribution < -0.4 is 10.5 Å². The van der Waals surface area contributed by atoms with Crippen LogP contribution in [-0.4, -0.2) is 11.5 Å². The Morgan fingerprint density at radius 2 is 1.86 bits per heavy atom. The van der Waals surface area contributed by atoms with Gasteiger partial charge in [0, 0.05) is 12.1 Å². The number of nitrogens with two attached hydrogens (primary N) is 1. The van der Waals surface area contributed by atoms with Gasteiger partial charge in [0.1, 0.15) is 11.6 Å². The van der Waals surface area contributed by atoms with Crippen LogP contribution in [0.15, 0.2) is 36.4 Å². The third-order valence-corrected chi connectivity index (χ3v) is 2.76. The molecule has 2 N–H and O–H groups in total. The third kappa shape index (κ3) is 3.51. The molecule has 0 heterocycles. The molecule has 0 bridgehead atoms. The first-order valence-electron chi connectivity index (χ1n) is 6.11. The van der Waals surface area contributed by atoms with Crippen molar-refractivity contribution in [3.8, 4) is 11.5 Å². The molecule has 0 aliphatic rings. The summed E-state index contributed by atoms with van der Waals surface area (Å²) >= 11 is 0. The normalized spacial score (nSPS) is 10.4. The van der Waals surface area contributed by atoms with Gasteiger partial charge in [0.2, 0.25) is 11.6 Å². The number of rotatable bonds is 5. The number of hydrogen-bond donors (Lipinski definition) is 1. The molecule has 21 heavy (non-hydrogen) atoms. The highest BCUT2D eigenvalue weighted by atomic mass is 19.1. The summed E-state index contributed by atoms with van der Waals surface area (Å²) in [5.74, 6) is -2.48. The van der Waals surface area contributed by atoms with E-state index in [-0.39, 0.29) is 5.75 Å². The first kappa shape index (κ1) is 14.9. The largest absolute Gasteiger partial charge is 0.450 e. The molecule has 0 aliphatic heterocycles. The molecule has 0 saturated heterocycles. The van der Waals surface area contributed by atoms with Crippen LogP contribution in [0.2, 0.25) is 0 Å². The Kier molecular flexibility index (Phi) is 4.44. The predicted octanol–water partition coefficient (Wildman–Crippen LogP) is 3.17. The molecule has 0 aromatic heterocycles. The molecule has 0 spiro atoms. The smallest absolute Gasteiger partial charge is 0.347 e. The average Bonchev–Trinajstić information content (AvgIpc) is 2.40. The highest BCUT2D eigenvalue weighted by Gasteiger charge is 2.23. The summed E-state index contributed by atoms with van der Waals surface area (Å²) in [5.41, 5.74) is 5.48. The van der Waals surface area contributed by atoms with Crippen molar-refractivity contribution >= 4 is 5.69 Å². The maximum absolute atomic E-state index is 13.5. The lowest BCUT2D eigenvalue weighted by Crippen LogP contribution is -2.02. The van der Waals surface area contributed by atoms with Crippen molar-refractivity contribution in [2.45, 2.75) is 6.42 Å². The number of benzene rings is 2. The van der Waals surface area contributed by atoms with E-state index in [9.17, 15) is 18.9 Å². The first-order chi connectivity index (χ1) is 10.0. The number of nitrogens with zero attached hydrogens (tertiary/aromatic N) is 1. The number of nitro benzene ring substituents is 1. The Hall–Kier alpha value is -2.54. The average molecular weight is 294 g/mol. The van der Waals surface area contributed by atoms with Gasteiger partial charge >= 0.3 is 5.69 Å². The molecule has 110 valence electrons. The van der Waals surface area contributed by atoms with Crippen molar-refractivity contribution in [3.63, 3.8) is 0 Å². The van der Waals surface area contributed by atoms with E-state index < -0.39 is 28.0 Å². The van der Waals surface area contributed by atoms with Crippen LogP contribution in [0.1, 0.15) is 5.56 Å². The minimum Gasteiger partial charge on any atom is -0.450 e. The molecule has 0 saturated carbocycles. The van der Waals surface area contributed by atoms with Gasteiger partial charge in [-0.05, 0) is 30.7 Å². The van der Waals surface area contributed by atoms with Gasteiger partial charge in [0.05, 0.1) is 4.92 Å². The van der Waals surface area contributed by atoms with Crippen LogP contribution in [0.25, 0.3) is 0 Å². The number of ether oxygens (including phenoxy) is 1. The highest BCUT2D eigenvalue weighted by molar-refractivity contribution is 5.49. The van der Waals surface area contributed by atoms with Crippen LogP contribution in [0.5, 0.6) is 11.5 Å². The molecule has 2 aromatic rings. The summed E-state index contributed by atoms with van der Waals surface area (Å²) in [7, 11) is 0. The summed E-state index contributed by atoms with van der Waals surface area (Å²) in [5, 5.41) is 10.8. The zero-order valence-electron chi connectivity index (χ0n) is 10.9. The zero-order valence-corrected chi connectivity index (χ0v) is 10.9. The van der Waals surface area contributed by atoms with Crippen molar-refractivity contribution in [1.29, 1.82) is 0 Å². The van der Waals surface area contributed by atoms with Gasteiger partial charge in [0.25, 0.3) is 0 Å². The Labute approximate surface area is 119 Å². The van der Waals surface area contributed by atoms with Gasteiger partial charge < -0.3 is 10.5 Å². The Balaban J connectivity index is 2.32. The second kappa shape index (κ2) is 6.27. The van der Waals surface area contributed by atoms with Crippen LogP contribution in [0.3, 0.4) is 0 Å². The van der Waals surface area contributed by atoms with Crippen molar-refractivity contribution in [2.75, 3.05) is 6.54 Å². The lowest BCUT2D eigenvalue weighted by Gasteiger charge is -2.08. The maximum atomic E-state index is 13.5. The van der Waals surface area contributed by atoms with Crippen LogP contribution in [0.4, 0.5) is 14.5 Å². The molecule has 7 heteroatoms. The molecule has 0 unspecified atom stereocenters. The van der Waals surface area contributed by atoms with Crippen molar-refractivity contribution in [2.24, 2.45) is 5.73 Å². The van der Waals surface area contributed by atoms with E-state index in [1.165, 1.54) is 0 Å². The lowest BCUT2D eigenvalue weighted by molar-refractivity contribution is -0.388. The summed E-state index contributed by atoms with van der Waals surface area (Å²) in [6.45, 7) is 0.487. The fourth-order valence-corrected chi connectivity index (χ4v) is 1.82. The fraction of sp³-hybridized carbons (Fsp3) is 0.143. The highest BCUT2D eigenvalue weighted by Crippen LogP contribution is 2.34. The molecule has 0 fully saturated rings. The van der Waals surface area contributed by atoms with E-state index >= 15 is 0 Å². The summed E-state index contributed by atoms with van der Waals surface area (Å²) in [4.78, 5) is 9.88. The van der Waals surface area contributed by atoms with Crippen molar-refractivity contribution in [3.05, 3.63) is 63.7 Å². The van der Waals surface area contributed by atoms with E-state index in [0.29, 0.717) is 19.0 Å². The Morgan fingerprint density at radius 1 is 1.19 bits per heavy atom. The predicted molar refractivity (Wildman–Crippen MR) is 72.3 cm³/mol. The lowest BCUT2D eigenvalue weighted by atomic mass is 10.1. The molecule has 0 aliphatic carbocycles. The van der Waals surface area contributed by atoms with Crippen LogP contribution >= 0.6 is 0 Å². The van der Waals surface area contributed by atoms with E-state index in [1.807, 2.05) is 0 Å². The SMILES string of the molecule is NCCc1ccc(Oc2cc(F)cc(F)c2[N+](=O)[O-])cc1. The van der Waals surface area contributed by atoms with Gasteiger partial charge in [-0.25, -0.2) is 4.39 Å². The molecular formula is C14H12F2N2O3. The molecule has 0 radical (unpaired) electrons. The minimum absolute atomic E-state index is 0.240. The quantitative estimate of drug-likeness (QED) is 0.678. The minimum atomic E-state index is -1.28. The number of halogens is 2. The van der Waals surface area contributed by atoms with E-state index in [0.717, 1.165) is 11.6 Å². The Bertz CT molecular complexity index is 660. The molecule has 0 atom stereocenters. The summed E-state index contributed by atoms with van der Waals surface area (Å²) in [6.07, 6.45) is 0.676. The Morgan fingerprint density at radius 3 is 2.43 bits per heavy atom. The monoisotopic (exact) mass is 294 g/mol. The van der Waals surface area contributed by atoms with Crippen molar-refractivity contribution < 1.29 is 18.4 Å². The van der Waals surface area contributed by atoms with Gasteiger partial charge in [0.15, 0.2) is 0 Å². The van der Waals surface area contributed by atoms with Crippen molar-refractivity contribution in [1.82, 2.24) is 0 Å². The van der Waals surface area contributed by atoms with E-state index in [2.05, 4.69) is 0 Å². The second-order valence-electron chi connectivity index (χ2n) is 4.28. The number of nitro groups is 1. The van der Waals surface area contributed by atoms with Crippen LogP contribution in [-0.2, 0) is 6.42 Å². The topological polar surface area (TPSA) is 78.4 Å². The zero-order chi connectivity index (χ0) is 15.4. The van der Waals surface area contributed by atoms with E-state index in [1.54, 1.807) is 24.3 Å². The fourth-order valence-electron chi connectivity index (χ4n) is 1.82. The number of hydrogen-bond acceptors (Lipinski definition) is 4. The molecule has 0 amide bonds. The van der Waals surface area contributed by atoms with Gasteiger partial charge in [-0.2, -0.15) is 4.39 Å².